The minimum atomic E-state index is -4.13. The maximum absolute atomic E-state index is 13.0. The molecule has 2 rings (SSSR count). The van der Waals surface area contributed by atoms with Crippen LogP contribution in [-0.2, 0) is 6.42 Å². The fourth-order valence-electron chi connectivity index (χ4n) is 2.70. The lowest BCUT2D eigenvalue weighted by atomic mass is 9.87. The highest BCUT2D eigenvalue weighted by Crippen LogP contribution is 2.35. The van der Waals surface area contributed by atoms with Gasteiger partial charge in [0.05, 0.1) is 11.6 Å². The summed E-state index contributed by atoms with van der Waals surface area (Å²) < 4.78 is 40.9. The highest BCUT2D eigenvalue weighted by Gasteiger charge is 2.45. The highest BCUT2D eigenvalue weighted by atomic mass is 19.4. The average Bonchev–Trinajstić information content (AvgIpc) is 2.86. The third-order valence-corrected chi connectivity index (χ3v) is 4.14. The Balaban J connectivity index is 2.05. The van der Waals surface area contributed by atoms with E-state index in [1.54, 1.807) is 0 Å². The minimum Gasteiger partial charge on any atom is -0.313 e. The quantitative estimate of drug-likeness (QED) is 0.921. The lowest BCUT2D eigenvalue weighted by Gasteiger charge is -2.33. The molecule has 1 N–H and O–H groups in total. The molecule has 1 aromatic heterocycles. The molecule has 1 fully saturated rings. The SMILES string of the molecule is CCC(C)n1ccc(CC2NCCCC2C(F)(F)F)n1. The van der Waals surface area contributed by atoms with E-state index in [-0.39, 0.29) is 12.5 Å². The number of nitrogens with one attached hydrogen (secondary N) is 1. The van der Waals surface area contributed by atoms with E-state index in [1.165, 1.54) is 0 Å². The van der Waals surface area contributed by atoms with Gasteiger partial charge in [-0.05, 0) is 38.8 Å². The van der Waals surface area contributed by atoms with Gasteiger partial charge in [0.2, 0.25) is 0 Å². The third-order valence-electron chi connectivity index (χ3n) is 4.14. The van der Waals surface area contributed by atoms with Crippen molar-refractivity contribution in [2.75, 3.05) is 6.54 Å². The number of hydrogen-bond donors (Lipinski definition) is 1. The van der Waals surface area contributed by atoms with Gasteiger partial charge in [0, 0.05) is 24.7 Å². The summed E-state index contributed by atoms with van der Waals surface area (Å²) in [6, 6.07) is 1.56. The average molecular weight is 289 g/mol. The van der Waals surface area contributed by atoms with Crippen molar-refractivity contribution in [1.29, 1.82) is 0 Å². The fourth-order valence-corrected chi connectivity index (χ4v) is 2.70. The Morgan fingerprint density at radius 3 is 2.90 bits per heavy atom. The van der Waals surface area contributed by atoms with Crippen LogP contribution in [0.1, 0.15) is 44.8 Å². The van der Waals surface area contributed by atoms with Crippen molar-refractivity contribution in [3.05, 3.63) is 18.0 Å². The Kier molecular flexibility index (Phi) is 4.73. The summed E-state index contributed by atoms with van der Waals surface area (Å²) in [5, 5.41) is 7.41. The first-order valence-corrected chi connectivity index (χ1v) is 7.26. The predicted molar refractivity (Wildman–Crippen MR) is 71.5 cm³/mol. The molecule has 1 aromatic rings. The predicted octanol–water partition coefficient (Wildman–Crippen LogP) is 3.33. The van der Waals surface area contributed by atoms with Gasteiger partial charge < -0.3 is 5.32 Å². The highest BCUT2D eigenvalue weighted by molar-refractivity contribution is 5.04. The molecular weight excluding hydrogens is 267 g/mol. The second kappa shape index (κ2) is 6.16. The molecule has 20 heavy (non-hydrogen) atoms. The van der Waals surface area contributed by atoms with Crippen molar-refractivity contribution in [3.63, 3.8) is 0 Å². The largest absolute Gasteiger partial charge is 0.393 e. The maximum atomic E-state index is 13.0. The van der Waals surface area contributed by atoms with Gasteiger partial charge in [-0.1, -0.05) is 6.92 Å². The molecule has 0 aromatic carbocycles. The smallest absolute Gasteiger partial charge is 0.313 e. The molecule has 0 saturated carbocycles. The van der Waals surface area contributed by atoms with E-state index in [0.29, 0.717) is 19.4 Å². The Morgan fingerprint density at radius 2 is 2.25 bits per heavy atom. The first-order chi connectivity index (χ1) is 9.41. The van der Waals surface area contributed by atoms with E-state index < -0.39 is 18.1 Å². The van der Waals surface area contributed by atoms with Crippen LogP contribution in [0.2, 0.25) is 0 Å². The van der Waals surface area contributed by atoms with Crippen molar-refractivity contribution < 1.29 is 13.2 Å². The van der Waals surface area contributed by atoms with Crippen molar-refractivity contribution in [2.24, 2.45) is 5.92 Å². The minimum absolute atomic E-state index is 0.216. The number of hydrogen-bond acceptors (Lipinski definition) is 2. The van der Waals surface area contributed by atoms with Crippen LogP contribution in [0.15, 0.2) is 12.3 Å². The van der Waals surface area contributed by atoms with Crippen molar-refractivity contribution >= 4 is 0 Å². The van der Waals surface area contributed by atoms with E-state index in [1.807, 2.05) is 23.9 Å². The summed E-state index contributed by atoms with van der Waals surface area (Å²) >= 11 is 0. The third kappa shape index (κ3) is 3.53. The van der Waals surface area contributed by atoms with E-state index >= 15 is 0 Å². The number of alkyl halides is 3. The number of nitrogens with zero attached hydrogens (tertiary/aromatic N) is 2. The van der Waals surface area contributed by atoms with Gasteiger partial charge in [0.25, 0.3) is 0 Å². The van der Waals surface area contributed by atoms with E-state index in [2.05, 4.69) is 17.3 Å². The molecule has 3 unspecified atom stereocenters. The van der Waals surface area contributed by atoms with Crippen LogP contribution in [0.5, 0.6) is 0 Å². The Hall–Kier alpha value is -1.04. The van der Waals surface area contributed by atoms with Crippen molar-refractivity contribution in [2.45, 2.75) is 57.8 Å². The Bertz CT molecular complexity index is 428. The second-order valence-corrected chi connectivity index (χ2v) is 5.60. The van der Waals surface area contributed by atoms with Gasteiger partial charge in [-0.25, -0.2) is 0 Å². The van der Waals surface area contributed by atoms with Crippen LogP contribution in [0, 0.1) is 5.92 Å². The fraction of sp³-hybridized carbons (Fsp3) is 0.786. The first-order valence-electron chi connectivity index (χ1n) is 7.26. The van der Waals surface area contributed by atoms with Gasteiger partial charge in [0.1, 0.15) is 0 Å². The van der Waals surface area contributed by atoms with Crippen LogP contribution in [0.25, 0.3) is 0 Å². The zero-order valence-electron chi connectivity index (χ0n) is 12.0. The molecule has 3 atom stereocenters. The molecule has 1 aliphatic rings. The van der Waals surface area contributed by atoms with Gasteiger partial charge in [-0.15, -0.1) is 0 Å². The Labute approximate surface area is 117 Å². The summed E-state index contributed by atoms with van der Waals surface area (Å²) in [4.78, 5) is 0. The summed E-state index contributed by atoms with van der Waals surface area (Å²) in [6.45, 7) is 4.77. The molecule has 0 aliphatic carbocycles. The molecule has 114 valence electrons. The number of piperidine rings is 1. The molecule has 0 radical (unpaired) electrons. The van der Waals surface area contributed by atoms with Gasteiger partial charge in [-0.3, -0.25) is 4.68 Å². The zero-order chi connectivity index (χ0) is 14.8. The molecule has 3 nitrogen and oxygen atoms in total. The molecule has 0 bridgehead atoms. The van der Waals surface area contributed by atoms with Crippen LogP contribution < -0.4 is 5.32 Å². The Morgan fingerprint density at radius 1 is 1.50 bits per heavy atom. The van der Waals surface area contributed by atoms with Crippen LogP contribution in [0.3, 0.4) is 0 Å². The topological polar surface area (TPSA) is 29.9 Å². The molecule has 0 spiro atoms. The number of rotatable bonds is 4. The van der Waals surface area contributed by atoms with Crippen LogP contribution in [0.4, 0.5) is 13.2 Å². The monoisotopic (exact) mass is 289 g/mol. The van der Waals surface area contributed by atoms with Crippen molar-refractivity contribution in [1.82, 2.24) is 15.1 Å². The maximum Gasteiger partial charge on any atom is 0.393 e. The van der Waals surface area contributed by atoms with Crippen LogP contribution >= 0.6 is 0 Å². The lowest BCUT2D eigenvalue weighted by molar-refractivity contribution is -0.188. The van der Waals surface area contributed by atoms with E-state index in [4.69, 9.17) is 0 Å². The molecule has 0 amide bonds. The standard InChI is InChI=1S/C14H22F3N3/c1-3-10(2)20-8-6-11(19-20)9-13-12(14(15,16)17)5-4-7-18-13/h6,8,10,12-13,18H,3-5,7,9H2,1-2H3. The normalized spacial score (nSPS) is 25.6. The molecular formula is C14H22F3N3. The van der Waals surface area contributed by atoms with Crippen LogP contribution in [-0.4, -0.2) is 28.5 Å². The summed E-state index contributed by atoms with van der Waals surface area (Å²) in [5.41, 5.74) is 0.735. The summed E-state index contributed by atoms with van der Waals surface area (Å²) in [5.74, 6) is -1.26. The summed E-state index contributed by atoms with van der Waals surface area (Å²) in [6.07, 6.45) is -0.177. The van der Waals surface area contributed by atoms with E-state index in [0.717, 1.165) is 12.1 Å². The molecule has 1 aliphatic heterocycles. The van der Waals surface area contributed by atoms with Crippen molar-refractivity contribution in [3.8, 4) is 0 Å². The van der Waals surface area contributed by atoms with Gasteiger partial charge in [-0.2, -0.15) is 18.3 Å². The lowest BCUT2D eigenvalue weighted by Crippen LogP contribution is -2.48. The second-order valence-electron chi connectivity index (χ2n) is 5.60. The number of halogens is 3. The number of aromatic nitrogens is 2. The van der Waals surface area contributed by atoms with Gasteiger partial charge >= 0.3 is 6.18 Å². The van der Waals surface area contributed by atoms with E-state index in [9.17, 15) is 13.2 Å². The molecule has 2 heterocycles. The zero-order valence-corrected chi connectivity index (χ0v) is 12.0. The molecule has 6 heteroatoms. The molecule has 1 saturated heterocycles. The summed E-state index contributed by atoms with van der Waals surface area (Å²) in [7, 11) is 0. The first kappa shape index (κ1) is 15.4. The van der Waals surface area contributed by atoms with Gasteiger partial charge in [0.15, 0.2) is 0 Å².